The second-order valence-electron chi connectivity index (χ2n) is 4.40. The van der Waals surface area contributed by atoms with Gasteiger partial charge >= 0.3 is 0 Å². The van der Waals surface area contributed by atoms with Crippen LogP contribution in [0.2, 0.25) is 5.02 Å². The third-order valence-corrected chi connectivity index (χ3v) is 3.06. The number of nitrogens with two attached hydrogens (primary N) is 1. The first kappa shape index (κ1) is 13.0. The lowest BCUT2D eigenvalue weighted by Gasteiger charge is -2.10. The minimum atomic E-state index is 0.163. The molecule has 0 amide bonds. The van der Waals surface area contributed by atoms with Crippen LogP contribution in [0.4, 0.5) is 0 Å². The van der Waals surface area contributed by atoms with E-state index in [1.807, 2.05) is 44.2 Å². The van der Waals surface area contributed by atoms with Gasteiger partial charge in [0.2, 0.25) is 0 Å². The van der Waals surface area contributed by atoms with E-state index in [1.54, 1.807) is 0 Å². The number of hydrogen-bond acceptors (Lipinski definition) is 3. The predicted molar refractivity (Wildman–Crippen MR) is 74.7 cm³/mol. The summed E-state index contributed by atoms with van der Waals surface area (Å²) in [6.07, 6.45) is 0. The van der Waals surface area contributed by atoms with E-state index < -0.39 is 0 Å². The Morgan fingerprint density at radius 3 is 2.50 bits per heavy atom. The highest BCUT2D eigenvalue weighted by Gasteiger charge is 2.10. The topological polar surface area (TPSA) is 51.8 Å². The predicted octanol–water partition coefficient (Wildman–Crippen LogP) is 3.17. The Hall–Kier alpha value is -1.45. The molecule has 1 atom stereocenters. The van der Waals surface area contributed by atoms with Crippen molar-refractivity contribution in [3.63, 3.8) is 0 Å². The van der Waals surface area contributed by atoms with Crippen molar-refractivity contribution in [3.8, 4) is 11.3 Å². The van der Waals surface area contributed by atoms with Crippen molar-refractivity contribution >= 4 is 11.6 Å². The maximum Gasteiger partial charge on any atom is 0.133 e. The largest absolute Gasteiger partial charge is 0.330 e. The molecule has 1 unspecified atom stereocenters. The molecule has 0 fully saturated rings. The highest BCUT2D eigenvalue weighted by atomic mass is 35.5. The molecule has 0 aliphatic rings. The van der Waals surface area contributed by atoms with Gasteiger partial charge in [0.05, 0.1) is 5.69 Å². The fraction of sp³-hybridized carbons (Fsp3) is 0.286. The zero-order valence-electron chi connectivity index (χ0n) is 10.5. The first-order chi connectivity index (χ1) is 8.60. The summed E-state index contributed by atoms with van der Waals surface area (Å²) in [5.74, 6) is 0.957. The molecule has 2 aromatic rings. The van der Waals surface area contributed by atoms with E-state index in [2.05, 4.69) is 9.97 Å². The average Bonchev–Trinajstić information content (AvgIpc) is 2.38. The van der Waals surface area contributed by atoms with Gasteiger partial charge < -0.3 is 5.73 Å². The van der Waals surface area contributed by atoms with Crippen molar-refractivity contribution < 1.29 is 0 Å². The van der Waals surface area contributed by atoms with Gasteiger partial charge in [-0.2, -0.15) is 0 Å². The SMILES string of the molecule is Cc1cc(-c2ccc(Cl)cc2)nc(C(C)CN)n1. The third-order valence-electron chi connectivity index (χ3n) is 2.81. The molecule has 3 nitrogen and oxygen atoms in total. The highest BCUT2D eigenvalue weighted by Crippen LogP contribution is 2.22. The molecule has 4 heteroatoms. The molecule has 0 aliphatic heterocycles. The minimum absolute atomic E-state index is 0.163. The fourth-order valence-electron chi connectivity index (χ4n) is 1.69. The van der Waals surface area contributed by atoms with Gasteiger partial charge in [-0.1, -0.05) is 30.7 Å². The van der Waals surface area contributed by atoms with Crippen LogP contribution in [0.3, 0.4) is 0 Å². The standard InChI is InChI=1S/C14H16ClN3/c1-9(8-16)14-17-10(2)7-13(18-14)11-3-5-12(15)6-4-11/h3-7,9H,8,16H2,1-2H3. The molecule has 0 saturated heterocycles. The van der Waals surface area contributed by atoms with Gasteiger partial charge in [0.15, 0.2) is 0 Å². The number of benzene rings is 1. The Balaban J connectivity index is 2.44. The van der Waals surface area contributed by atoms with Crippen molar-refractivity contribution in [1.29, 1.82) is 0 Å². The fourth-order valence-corrected chi connectivity index (χ4v) is 1.81. The van der Waals surface area contributed by atoms with Gasteiger partial charge in [0, 0.05) is 28.7 Å². The Labute approximate surface area is 112 Å². The van der Waals surface area contributed by atoms with Gasteiger partial charge in [-0.05, 0) is 25.1 Å². The number of halogens is 1. The molecule has 0 saturated carbocycles. The molecule has 94 valence electrons. The number of aromatic nitrogens is 2. The summed E-state index contributed by atoms with van der Waals surface area (Å²) >= 11 is 5.89. The Morgan fingerprint density at radius 1 is 1.22 bits per heavy atom. The molecule has 1 heterocycles. The van der Waals surface area contributed by atoms with Crippen LogP contribution in [0, 0.1) is 6.92 Å². The Bertz CT molecular complexity index is 537. The summed E-state index contributed by atoms with van der Waals surface area (Å²) in [4.78, 5) is 9.00. The van der Waals surface area contributed by atoms with E-state index >= 15 is 0 Å². The van der Waals surface area contributed by atoms with Gasteiger partial charge in [-0.25, -0.2) is 9.97 Å². The Kier molecular flexibility index (Phi) is 3.94. The molecule has 1 aromatic heterocycles. The Morgan fingerprint density at radius 2 is 1.89 bits per heavy atom. The number of nitrogens with zero attached hydrogens (tertiary/aromatic N) is 2. The number of hydrogen-bond donors (Lipinski definition) is 1. The number of rotatable bonds is 3. The van der Waals surface area contributed by atoms with Crippen LogP contribution in [0.15, 0.2) is 30.3 Å². The van der Waals surface area contributed by atoms with E-state index in [0.29, 0.717) is 6.54 Å². The molecule has 2 rings (SSSR count). The van der Waals surface area contributed by atoms with Gasteiger partial charge in [0.1, 0.15) is 5.82 Å². The monoisotopic (exact) mass is 261 g/mol. The zero-order chi connectivity index (χ0) is 13.1. The van der Waals surface area contributed by atoms with E-state index in [1.165, 1.54) is 0 Å². The van der Waals surface area contributed by atoms with Crippen LogP contribution in [0.1, 0.15) is 24.4 Å². The summed E-state index contributed by atoms with van der Waals surface area (Å²) in [5, 5.41) is 0.722. The van der Waals surface area contributed by atoms with Gasteiger partial charge in [-0.3, -0.25) is 0 Å². The van der Waals surface area contributed by atoms with Crippen molar-refractivity contribution in [2.75, 3.05) is 6.54 Å². The maximum absolute atomic E-state index is 5.89. The van der Waals surface area contributed by atoms with E-state index in [0.717, 1.165) is 27.8 Å². The van der Waals surface area contributed by atoms with Gasteiger partial charge in [0.25, 0.3) is 0 Å². The lowest BCUT2D eigenvalue weighted by molar-refractivity contribution is 0.708. The zero-order valence-corrected chi connectivity index (χ0v) is 11.3. The van der Waals surface area contributed by atoms with Crippen molar-refractivity contribution in [1.82, 2.24) is 9.97 Å². The highest BCUT2D eigenvalue weighted by molar-refractivity contribution is 6.30. The molecule has 0 radical (unpaired) electrons. The first-order valence-electron chi connectivity index (χ1n) is 5.91. The van der Waals surface area contributed by atoms with E-state index in [4.69, 9.17) is 17.3 Å². The summed E-state index contributed by atoms with van der Waals surface area (Å²) < 4.78 is 0. The lowest BCUT2D eigenvalue weighted by atomic mass is 10.1. The van der Waals surface area contributed by atoms with Gasteiger partial charge in [-0.15, -0.1) is 0 Å². The van der Waals surface area contributed by atoms with Crippen molar-refractivity contribution in [2.24, 2.45) is 5.73 Å². The molecule has 0 aliphatic carbocycles. The summed E-state index contributed by atoms with van der Waals surface area (Å²) in [7, 11) is 0. The second-order valence-corrected chi connectivity index (χ2v) is 4.83. The summed E-state index contributed by atoms with van der Waals surface area (Å²) in [6, 6.07) is 9.61. The van der Waals surface area contributed by atoms with Crippen molar-refractivity contribution in [3.05, 3.63) is 46.9 Å². The van der Waals surface area contributed by atoms with Crippen LogP contribution in [-0.4, -0.2) is 16.5 Å². The smallest absolute Gasteiger partial charge is 0.133 e. The second kappa shape index (κ2) is 5.46. The summed E-state index contributed by atoms with van der Waals surface area (Å²) in [5.41, 5.74) is 8.56. The molecule has 2 N–H and O–H groups in total. The molecular weight excluding hydrogens is 246 g/mol. The molecular formula is C14H16ClN3. The van der Waals surface area contributed by atoms with Crippen LogP contribution in [0.5, 0.6) is 0 Å². The third kappa shape index (κ3) is 2.86. The van der Waals surface area contributed by atoms with E-state index in [-0.39, 0.29) is 5.92 Å². The summed E-state index contributed by atoms with van der Waals surface area (Å²) in [6.45, 7) is 4.54. The van der Waals surface area contributed by atoms with Crippen molar-refractivity contribution in [2.45, 2.75) is 19.8 Å². The quantitative estimate of drug-likeness (QED) is 0.923. The van der Waals surface area contributed by atoms with E-state index in [9.17, 15) is 0 Å². The van der Waals surface area contributed by atoms with Crippen LogP contribution < -0.4 is 5.73 Å². The molecule has 18 heavy (non-hydrogen) atoms. The molecule has 1 aromatic carbocycles. The van der Waals surface area contributed by atoms with Crippen LogP contribution in [-0.2, 0) is 0 Å². The average molecular weight is 262 g/mol. The minimum Gasteiger partial charge on any atom is -0.330 e. The molecule has 0 bridgehead atoms. The first-order valence-corrected chi connectivity index (χ1v) is 6.29. The molecule has 0 spiro atoms. The normalized spacial score (nSPS) is 12.4. The van der Waals surface area contributed by atoms with Crippen LogP contribution in [0.25, 0.3) is 11.3 Å². The maximum atomic E-state index is 5.89. The number of aryl methyl sites for hydroxylation is 1. The van der Waals surface area contributed by atoms with Crippen LogP contribution >= 0.6 is 11.6 Å². The lowest BCUT2D eigenvalue weighted by Crippen LogP contribution is -2.13.